The highest BCUT2D eigenvalue weighted by Gasteiger charge is 2.57. The van der Waals surface area contributed by atoms with Crippen molar-refractivity contribution >= 4 is 127 Å². The van der Waals surface area contributed by atoms with Crippen LogP contribution in [0.25, 0.3) is 0 Å². The van der Waals surface area contributed by atoms with Crippen molar-refractivity contribution in [2.45, 2.75) is 566 Å². The molecular weight excluding hydrogens is 1880 g/mol. The highest BCUT2D eigenvalue weighted by atomic mass is 16.2. The quantitative estimate of drug-likeness (QED) is 0.0403. The average Bonchev–Trinajstić information content (AvgIpc) is 0.777. The Morgan fingerprint density at radius 2 is 0.349 bits per heavy atom. The molecule has 0 spiro atoms. The second-order valence-electron chi connectivity index (χ2n) is 40.8. The molecule has 0 aromatic heterocycles. The Kier molecular flexibility index (Phi) is 136. The molecular formula is C127H232O22. The number of carbonyl (C=O) groups excluding carboxylic acids is 22. The minimum absolute atomic E-state index is 0. The molecule has 0 aliphatic carbocycles. The van der Waals surface area contributed by atoms with E-state index in [9.17, 15) is 105 Å². The topological polar surface area (TPSA) is 376 Å². The van der Waals surface area contributed by atoms with Crippen LogP contribution in [0, 0.1) is 69.5 Å². The minimum atomic E-state index is -2.15. The fraction of sp³-hybridized carbons (Fsp3) is 0.764. The summed E-state index contributed by atoms with van der Waals surface area (Å²) in [6.07, 6.45) is 28.2. The van der Waals surface area contributed by atoms with E-state index in [2.05, 4.69) is 151 Å². The van der Waals surface area contributed by atoms with Crippen LogP contribution in [0.3, 0.4) is 0 Å². The molecule has 0 radical (unpaired) electrons. The van der Waals surface area contributed by atoms with Crippen LogP contribution < -0.4 is 0 Å². The smallest absolute Gasteiger partial charge is 0.207 e. The molecule has 0 heterocycles. The van der Waals surface area contributed by atoms with E-state index in [0.29, 0.717) is 152 Å². The van der Waals surface area contributed by atoms with E-state index >= 15 is 0 Å². The first-order chi connectivity index (χ1) is 69.2. The molecule has 0 aromatic carbocycles. The van der Waals surface area contributed by atoms with E-state index < -0.39 is 103 Å². The Morgan fingerprint density at radius 3 is 0.544 bits per heavy atom. The van der Waals surface area contributed by atoms with Gasteiger partial charge in [-0.2, -0.15) is 0 Å². The highest BCUT2D eigenvalue weighted by molar-refractivity contribution is 6.42. The summed E-state index contributed by atoms with van der Waals surface area (Å²) in [7, 11) is 0. The predicted molar refractivity (Wildman–Crippen MR) is 625 cm³/mol. The van der Waals surface area contributed by atoms with Gasteiger partial charge in [0.15, 0.2) is 110 Å². The second-order valence-corrected chi connectivity index (χ2v) is 40.8. The highest BCUT2D eigenvalue weighted by Crippen LogP contribution is 2.35. The maximum absolute atomic E-state index is 12.9. The van der Waals surface area contributed by atoms with Crippen molar-refractivity contribution in [3.8, 4) is 0 Å². The predicted octanol–water partition coefficient (Wildman–Crippen LogP) is 32.5. The fourth-order valence-corrected chi connectivity index (χ4v) is 13.1. The Balaban J connectivity index is -0.000000105. The van der Waals surface area contributed by atoms with E-state index in [-0.39, 0.29) is 167 Å². The molecule has 1 unspecified atom stereocenters. The van der Waals surface area contributed by atoms with Crippen molar-refractivity contribution in [1.29, 1.82) is 0 Å². The number of ketones is 22. The molecule has 0 saturated carbocycles. The number of hydrogen-bond acceptors (Lipinski definition) is 22. The molecule has 0 aromatic rings. The summed E-state index contributed by atoms with van der Waals surface area (Å²) in [5.74, 6) is -7.89. The van der Waals surface area contributed by atoms with E-state index in [1.165, 1.54) is 51.0 Å². The van der Waals surface area contributed by atoms with Gasteiger partial charge in [0.05, 0.1) is 12.8 Å². The summed E-state index contributed by atoms with van der Waals surface area (Å²) < 4.78 is 0. The van der Waals surface area contributed by atoms with Gasteiger partial charge in [0.1, 0.15) is 29.2 Å². The summed E-state index contributed by atoms with van der Waals surface area (Å²) in [6, 6.07) is 0. The van der Waals surface area contributed by atoms with Gasteiger partial charge in [0.2, 0.25) is 16.2 Å². The van der Waals surface area contributed by atoms with Crippen molar-refractivity contribution in [2.75, 3.05) is 0 Å². The van der Waals surface area contributed by atoms with Gasteiger partial charge in [-0.05, 0) is 181 Å². The van der Waals surface area contributed by atoms with Crippen LogP contribution in [0.15, 0.2) is 50.6 Å². The van der Waals surface area contributed by atoms with Crippen LogP contribution in [-0.2, 0) is 105 Å². The molecule has 149 heavy (non-hydrogen) atoms. The monoisotopic (exact) mass is 2110 g/mol. The zero-order valence-electron chi connectivity index (χ0n) is 103. The van der Waals surface area contributed by atoms with Crippen molar-refractivity contribution in [3.63, 3.8) is 0 Å². The third kappa shape index (κ3) is 89.9. The van der Waals surface area contributed by atoms with Gasteiger partial charge in [0.25, 0.3) is 0 Å². The lowest BCUT2D eigenvalue weighted by molar-refractivity contribution is -0.158. The molecule has 0 rings (SSSR count). The van der Waals surface area contributed by atoms with Crippen molar-refractivity contribution in [1.82, 2.24) is 0 Å². The standard InChI is InChI=1S/C19H32O4.2C18H28O4.C15H26O3.C14H22O3.C11H20O2.C10H16O2.7C3H8.CH4/c1-6-9-15(20)19(16(21)10-7-2,17(22)11-8-3)18(23)13-12-14(4)5;2*1-6-9-15(20)18(14(19)8-3,16(21)10-7-2)17(22)12-11-13(4)5;1-5-7-12(16)15(13(17)8-6-2)14(18)10-9-11(3)4;1-5-7-12(16)14(11(15)6-2)13(17)9-8-10(3)4;1-4-5-10(12)8-11(13)7-6-9(2)3;1-4-9(11)7-10(12)6-5-8(2)3;7*1-3-2;/h14H,6-13H2,1-5H3;2*8,13H,3,6-7,9-12H2,1-2,4-5H3;11,15H,5-10H2,1-4H3;6,10,14H,2,5,7-9H2,1,3-4H3;9H,4-8H2,1-3H3;4,8H,1,5-7H2,2-3H3;7*3H2,1-2H3;1H4. The van der Waals surface area contributed by atoms with Gasteiger partial charge in [-0.15, -0.1) is 0 Å². The number of allylic oxidation sites excluding steroid dienone is 4. The molecule has 22 heteroatoms. The first-order valence-electron chi connectivity index (χ1n) is 57.4. The lowest BCUT2D eigenvalue weighted by atomic mass is 9.67. The zero-order chi connectivity index (χ0) is 119. The third-order valence-electron chi connectivity index (χ3n) is 20.5. The largest absolute Gasteiger partial charge is 0.299 e. The van der Waals surface area contributed by atoms with Crippen LogP contribution >= 0.6 is 0 Å². The SMILES string of the molecule is C.C=CC(=O)C(C(=O)CCC)(C(=O)CCC)C(=O)CCC(C)C.C=CC(=O)C(C(=O)CCC)(C(=O)CCC)C(=O)CCC(C)C.C=CC(=O)C(C(=O)CCC)C(=O)CCC(C)C.C=CC(=O)CC(=O)CCC(C)C.CCC.CCC.CCC.CCC.CCC.CCC.CCC.CCCC(=O)C(C(=O)CCC)(C(=O)CCC)C(=O)CCC(C)C.CCCC(=O)C(C(=O)CCC)C(=O)CCC(C)C.CCCC(=O)CC(=O)CCC(C)C. The molecule has 0 aliphatic heterocycles. The average molecular weight is 2110 g/mol. The Hall–Kier alpha value is -8.30. The summed E-state index contributed by atoms with van der Waals surface area (Å²) in [6.45, 7) is 91.4. The van der Waals surface area contributed by atoms with Crippen LogP contribution in [-0.4, -0.2) is 127 Å². The third-order valence-corrected chi connectivity index (χ3v) is 20.5. The lowest BCUT2D eigenvalue weighted by Crippen LogP contribution is -2.52. The van der Waals surface area contributed by atoms with E-state index in [1.807, 2.05) is 118 Å². The zero-order valence-corrected chi connectivity index (χ0v) is 103. The second kappa shape index (κ2) is 117. The van der Waals surface area contributed by atoms with E-state index in [4.69, 9.17) is 0 Å². The number of carbonyl (C=O) groups is 22. The van der Waals surface area contributed by atoms with Gasteiger partial charge >= 0.3 is 0 Å². The minimum Gasteiger partial charge on any atom is -0.299 e. The fourth-order valence-electron chi connectivity index (χ4n) is 13.1. The summed E-state index contributed by atoms with van der Waals surface area (Å²) in [4.78, 5) is 266. The molecule has 0 saturated heterocycles. The molecule has 872 valence electrons. The summed E-state index contributed by atoms with van der Waals surface area (Å²) in [5, 5.41) is 0. The summed E-state index contributed by atoms with van der Waals surface area (Å²) >= 11 is 0. The van der Waals surface area contributed by atoms with E-state index in [1.54, 1.807) is 27.7 Å². The molecule has 22 nitrogen and oxygen atoms in total. The molecule has 1 atom stereocenters. The van der Waals surface area contributed by atoms with E-state index in [0.717, 1.165) is 43.9 Å². The Bertz CT molecular complexity index is 3450. The van der Waals surface area contributed by atoms with Crippen molar-refractivity contribution in [3.05, 3.63) is 50.6 Å². The molecule has 0 N–H and O–H groups in total. The normalized spacial score (nSPS) is 10.4. The van der Waals surface area contributed by atoms with Gasteiger partial charge in [0, 0.05) is 116 Å². The molecule has 0 bridgehead atoms. The Morgan fingerprint density at radius 1 is 0.188 bits per heavy atom. The van der Waals surface area contributed by atoms with Crippen molar-refractivity contribution in [2.24, 2.45) is 69.5 Å². The van der Waals surface area contributed by atoms with Crippen LogP contribution in [0.2, 0.25) is 0 Å². The van der Waals surface area contributed by atoms with Crippen LogP contribution in [0.5, 0.6) is 0 Å². The maximum atomic E-state index is 12.9. The van der Waals surface area contributed by atoms with Crippen LogP contribution in [0.4, 0.5) is 0 Å². The van der Waals surface area contributed by atoms with Gasteiger partial charge in [-0.3, -0.25) is 105 Å². The number of hydrogen-bond donors (Lipinski definition) is 0. The molecule has 0 fully saturated rings. The lowest BCUT2D eigenvalue weighted by Gasteiger charge is -2.28. The first kappa shape index (κ1) is 174. The number of Topliss-reactive ketones (excluding diaryl/α,β-unsaturated/α-hetero) is 18. The molecule has 0 aliphatic rings. The van der Waals surface area contributed by atoms with Gasteiger partial charge in [-0.25, -0.2) is 0 Å². The van der Waals surface area contributed by atoms with Crippen LogP contribution in [0.1, 0.15) is 566 Å². The van der Waals surface area contributed by atoms with Gasteiger partial charge in [-0.1, -0.05) is 349 Å². The Labute approximate surface area is 914 Å². The first-order valence-corrected chi connectivity index (χ1v) is 57.4. The molecule has 0 amide bonds. The summed E-state index contributed by atoms with van der Waals surface area (Å²) in [5.41, 5.74) is -6.33. The van der Waals surface area contributed by atoms with Gasteiger partial charge < -0.3 is 0 Å². The maximum Gasteiger partial charge on any atom is 0.207 e. The van der Waals surface area contributed by atoms with Crippen molar-refractivity contribution < 1.29 is 105 Å². The number of rotatable bonds is 69.